The van der Waals surface area contributed by atoms with E-state index in [1.54, 1.807) is 0 Å². The summed E-state index contributed by atoms with van der Waals surface area (Å²) in [6, 6.07) is 0.255. The Morgan fingerprint density at radius 1 is 1.00 bits per heavy atom. The molecule has 144 valence electrons. The predicted molar refractivity (Wildman–Crippen MR) is 106 cm³/mol. The quantitative estimate of drug-likeness (QED) is 0.612. The molecule has 1 atom stereocenters. The van der Waals surface area contributed by atoms with Crippen molar-refractivity contribution in [3.63, 3.8) is 0 Å². The summed E-state index contributed by atoms with van der Waals surface area (Å²) in [7, 11) is 3.97. The number of aromatic nitrogens is 4. The van der Waals surface area contributed by atoms with Crippen molar-refractivity contribution < 1.29 is 0 Å². The SMILES string of the molecule is CCNC(=NCc1c(C)nn(C)c1C)NC(C)Cc1c(C)nn(C)c1C. The van der Waals surface area contributed by atoms with Crippen molar-refractivity contribution in [1.29, 1.82) is 0 Å². The summed E-state index contributed by atoms with van der Waals surface area (Å²) < 4.78 is 3.86. The van der Waals surface area contributed by atoms with Crippen LogP contribution < -0.4 is 10.6 Å². The van der Waals surface area contributed by atoms with Crippen LogP contribution in [0.5, 0.6) is 0 Å². The van der Waals surface area contributed by atoms with E-state index in [-0.39, 0.29) is 6.04 Å². The Labute approximate surface area is 156 Å². The lowest BCUT2D eigenvalue weighted by molar-refractivity contribution is 0.635. The smallest absolute Gasteiger partial charge is 0.191 e. The second-order valence-electron chi connectivity index (χ2n) is 6.99. The van der Waals surface area contributed by atoms with Gasteiger partial charge in [0.05, 0.1) is 17.9 Å². The van der Waals surface area contributed by atoms with Gasteiger partial charge in [0.1, 0.15) is 0 Å². The summed E-state index contributed by atoms with van der Waals surface area (Å²) in [6.07, 6.45) is 0.918. The van der Waals surface area contributed by atoms with Gasteiger partial charge in [-0.3, -0.25) is 9.36 Å². The third kappa shape index (κ3) is 4.45. The maximum absolute atomic E-state index is 4.77. The Balaban J connectivity index is 2.09. The highest BCUT2D eigenvalue weighted by Crippen LogP contribution is 2.15. The zero-order chi connectivity index (χ0) is 19.4. The summed E-state index contributed by atoms with van der Waals surface area (Å²) >= 11 is 0. The first kappa shape index (κ1) is 20.0. The van der Waals surface area contributed by atoms with E-state index < -0.39 is 0 Å². The monoisotopic (exact) mass is 359 g/mol. The summed E-state index contributed by atoms with van der Waals surface area (Å²) in [5.41, 5.74) is 7.02. The number of nitrogens with zero attached hydrogens (tertiary/aromatic N) is 5. The number of nitrogens with one attached hydrogen (secondary N) is 2. The molecule has 0 aliphatic heterocycles. The zero-order valence-electron chi connectivity index (χ0n) is 17.4. The molecule has 0 bridgehead atoms. The second kappa shape index (κ2) is 8.38. The Hall–Kier alpha value is -2.31. The standard InChI is InChI=1S/C19H33N7/c1-9-20-19(21-11-18-14(4)24-26(8)16(18)6)22-12(2)10-17-13(3)23-25(7)15(17)5/h12H,9-11H2,1-8H3,(H2,20,21,22). The van der Waals surface area contributed by atoms with Crippen LogP contribution in [0.4, 0.5) is 0 Å². The normalized spacial score (nSPS) is 13.2. The first-order chi connectivity index (χ1) is 12.2. The molecule has 0 radical (unpaired) electrons. The Morgan fingerprint density at radius 2 is 1.54 bits per heavy atom. The number of rotatable bonds is 6. The van der Waals surface area contributed by atoms with Crippen LogP contribution in [0.3, 0.4) is 0 Å². The minimum atomic E-state index is 0.255. The molecule has 2 N–H and O–H groups in total. The van der Waals surface area contributed by atoms with Crippen molar-refractivity contribution in [2.24, 2.45) is 19.1 Å². The van der Waals surface area contributed by atoms with Crippen LogP contribution >= 0.6 is 0 Å². The van der Waals surface area contributed by atoms with Gasteiger partial charge < -0.3 is 10.6 Å². The molecule has 0 aromatic carbocycles. The van der Waals surface area contributed by atoms with Gasteiger partial charge in [0, 0.05) is 43.6 Å². The van der Waals surface area contributed by atoms with E-state index in [2.05, 4.69) is 55.4 Å². The molecule has 2 aromatic heterocycles. The lowest BCUT2D eigenvalue weighted by Crippen LogP contribution is -2.43. The summed E-state index contributed by atoms with van der Waals surface area (Å²) in [6.45, 7) is 14.0. The first-order valence-corrected chi connectivity index (χ1v) is 9.27. The van der Waals surface area contributed by atoms with Gasteiger partial charge in [-0.25, -0.2) is 4.99 Å². The van der Waals surface area contributed by atoms with E-state index in [0.717, 1.165) is 36.0 Å². The van der Waals surface area contributed by atoms with Gasteiger partial charge in [-0.2, -0.15) is 10.2 Å². The maximum Gasteiger partial charge on any atom is 0.191 e. The molecule has 2 rings (SSSR count). The summed E-state index contributed by atoms with van der Waals surface area (Å²) in [5, 5.41) is 15.8. The molecule has 26 heavy (non-hydrogen) atoms. The molecule has 0 spiro atoms. The van der Waals surface area contributed by atoms with Crippen molar-refractivity contribution in [3.05, 3.63) is 33.9 Å². The Bertz CT molecular complexity index is 782. The topological polar surface area (TPSA) is 72.1 Å². The molecule has 0 fully saturated rings. The molecule has 0 saturated heterocycles. The van der Waals surface area contributed by atoms with E-state index in [1.165, 1.54) is 16.8 Å². The van der Waals surface area contributed by atoms with Crippen LogP contribution in [0.2, 0.25) is 0 Å². The van der Waals surface area contributed by atoms with E-state index in [1.807, 2.05) is 30.4 Å². The van der Waals surface area contributed by atoms with Crippen LogP contribution in [0.1, 0.15) is 47.8 Å². The van der Waals surface area contributed by atoms with Gasteiger partial charge >= 0.3 is 0 Å². The Morgan fingerprint density at radius 3 is 2.00 bits per heavy atom. The van der Waals surface area contributed by atoms with Gasteiger partial charge in [0.25, 0.3) is 0 Å². The fourth-order valence-electron chi connectivity index (χ4n) is 3.23. The van der Waals surface area contributed by atoms with E-state index in [0.29, 0.717) is 6.54 Å². The average molecular weight is 360 g/mol. The number of aryl methyl sites for hydroxylation is 4. The fourth-order valence-corrected chi connectivity index (χ4v) is 3.23. The molecular formula is C19H33N7. The minimum absolute atomic E-state index is 0.255. The van der Waals surface area contributed by atoms with Gasteiger partial charge in [-0.15, -0.1) is 0 Å². The van der Waals surface area contributed by atoms with Crippen molar-refractivity contribution in [3.8, 4) is 0 Å². The minimum Gasteiger partial charge on any atom is -0.357 e. The number of hydrogen-bond donors (Lipinski definition) is 2. The van der Waals surface area contributed by atoms with Gasteiger partial charge in [-0.05, 0) is 53.5 Å². The molecular weight excluding hydrogens is 326 g/mol. The maximum atomic E-state index is 4.77. The number of guanidine groups is 1. The highest BCUT2D eigenvalue weighted by Gasteiger charge is 2.14. The van der Waals surface area contributed by atoms with Crippen molar-refractivity contribution in [1.82, 2.24) is 30.2 Å². The van der Waals surface area contributed by atoms with E-state index >= 15 is 0 Å². The molecule has 0 amide bonds. The predicted octanol–water partition coefficient (Wildman–Crippen LogP) is 2.07. The van der Waals surface area contributed by atoms with E-state index in [9.17, 15) is 0 Å². The highest BCUT2D eigenvalue weighted by molar-refractivity contribution is 5.80. The zero-order valence-corrected chi connectivity index (χ0v) is 17.4. The lowest BCUT2D eigenvalue weighted by atomic mass is 10.1. The largest absolute Gasteiger partial charge is 0.357 e. The molecule has 0 aliphatic carbocycles. The van der Waals surface area contributed by atoms with Gasteiger partial charge in [0.15, 0.2) is 5.96 Å². The second-order valence-corrected chi connectivity index (χ2v) is 6.99. The summed E-state index contributed by atoms with van der Waals surface area (Å²) in [5.74, 6) is 0.835. The van der Waals surface area contributed by atoms with Gasteiger partial charge in [-0.1, -0.05) is 0 Å². The summed E-state index contributed by atoms with van der Waals surface area (Å²) in [4.78, 5) is 4.77. The molecule has 7 nitrogen and oxygen atoms in total. The molecule has 0 aliphatic rings. The highest BCUT2D eigenvalue weighted by atomic mass is 15.3. The molecule has 1 unspecified atom stereocenters. The van der Waals surface area contributed by atoms with Gasteiger partial charge in [0.2, 0.25) is 0 Å². The molecule has 7 heteroatoms. The Kier molecular flexibility index (Phi) is 6.45. The molecule has 2 aromatic rings. The van der Waals surface area contributed by atoms with Crippen molar-refractivity contribution in [2.45, 2.75) is 60.5 Å². The van der Waals surface area contributed by atoms with E-state index in [4.69, 9.17) is 4.99 Å². The third-order valence-electron chi connectivity index (χ3n) is 4.95. The van der Waals surface area contributed by atoms with Crippen LogP contribution in [0, 0.1) is 27.7 Å². The van der Waals surface area contributed by atoms with Crippen LogP contribution in [-0.4, -0.2) is 38.1 Å². The first-order valence-electron chi connectivity index (χ1n) is 9.27. The third-order valence-corrected chi connectivity index (χ3v) is 4.95. The van der Waals surface area contributed by atoms with Crippen LogP contribution in [0.25, 0.3) is 0 Å². The van der Waals surface area contributed by atoms with Crippen LogP contribution in [0.15, 0.2) is 4.99 Å². The number of hydrogen-bond acceptors (Lipinski definition) is 3. The van der Waals surface area contributed by atoms with Crippen molar-refractivity contribution in [2.75, 3.05) is 6.54 Å². The fraction of sp³-hybridized carbons (Fsp3) is 0.632. The average Bonchev–Trinajstić information content (AvgIpc) is 2.95. The van der Waals surface area contributed by atoms with Crippen LogP contribution in [-0.2, 0) is 27.1 Å². The van der Waals surface area contributed by atoms with Crippen molar-refractivity contribution >= 4 is 5.96 Å². The molecule has 0 saturated carbocycles. The lowest BCUT2D eigenvalue weighted by Gasteiger charge is -2.18. The number of aliphatic imine (C=N–C) groups is 1. The molecule has 2 heterocycles.